The molecule has 0 bridgehead atoms. The molecule has 1 saturated carbocycles. The number of halogens is 7. The second-order valence-corrected chi connectivity index (χ2v) is 5.92. The summed E-state index contributed by atoms with van der Waals surface area (Å²) in [6, 6.07) is 0. The standard InChI is InChI=1S/C12H16F6N2O.ClH/c13-11(14,15)10(12(16,17)18)5-6-20(7-10)8(21)9(19)3-1-2-4-9;/h1-7,19H2;1H. The molecule has 130 valence electrons. The van der Waals surface area contributed by atoms with Gasteiger partial charge in [-0.1, -0.05) is 12.8 Å². The number of alkyl halides is 6. The van der Waals surface area contributed by atoms with Crippen LogP contribution in [0.3, 0.4) is 0 Å². The fourth-order valence-corrected chi connectivity index (χ4v) is 3.14. The Kier molecular flexibility index (Phi) is 5.05. The number of rotatable bonds is 1. The third-order valence-electron chi connectivity index (χ3n) is 4.56. The number of hydrogen-bond donors (Lipinski definition) is 1. The number of carbonyl (C=O) groups excluding carboxylic acids is 1. The largest absolute Gasteiger partial charge is 0.404 e. The minimum atomic E-state index is -5.45. The fraction of sp³-hybridized carbons (Fsp3) is 0.917. The second kappa shape index (κ2) is 5.74. The summed E-state index contributed by atoms with van der Waals surface area (Å²) in [6.45, 7) is -1.96. The molecule has 22 heavy (non-hydrogen) atoms. The van der Waals surface area contributed by atoms with E-state index in [0.717, 1.165) is 0 Å². The summed E-state index contributed by atoms with van der Waals surface area (Å²) >= 11 is 0. The van der Waals surface area contributed by atoms with Crippen molar-refractivity contribution in [3.8, 4) is 0 Å². The normalized spacial score (nSPS) is 24.2. The minimum Gasteiger partial charge on any atom is -0.340 e. The zero-order valence-corrected chi connectivity index (χ0v) is 12.4. The molecule has 0 radical (unpaired) electrons. The Hall–Kier alpha value is -0.700. The first kappa shape index (κ1) is 19.3. The predicted molar refractivity (Wildman–Crippen MR) is 68.4 cm³/mol. The minimum absolute atomic E-state index is 0. The van der Waals surface area contributed by atoms with Gasteiger partial charge in [0.25, 0.3) is 0 Å². The number of nitrogens with zero attached hydrogens (tertiary/aromatic N) is 1. The Labute approximate surface area is 129 Å². The monoisotopic (exact) mass is 354 g/mol. The van der Waals surface area contributed by atoms with E-state index in [0.29, 0.717) is 30.6 Å². The van der Waals surface area contributed by atoms with E-state index in [9.17, 15) is 31.1 Å². The first-order valence-electron chi connectivity index (χ1n) is 6.65. The lowest BCUT2D eigenvalue weighted by Gasteiger charge is -2.34. The van der Waals surface area contributed by atoms with Gasteiger partial charge in [0, 0.05) is 13.1 Å². The first-order chi connectivity index (χ1) is 9.43. The highest BCUT2D eigenvalue weighted by Crippen LogP contribution is 2.55. The van der Waals surface area contributed by atoms with Crippen molar-refractivity contribution in [3.05, 3.63) is 0 Å². The molecule has 0 aromatic heterocycles. The van der Waals surface area contributed by atoms with E-state index in [1.54, 1.807) is 0 Å². The molecule has 10 heteroatoms. The molecule has 1 aliphatic carbocycles. The molecular formula is C12H17ClF6N2O. The summed E-state index contributed by atoms with van der Waals surface area (Å²) in [5.41, 5.74) is 0.681. The molecule has 1 amide bonds. The Morgan fingerprint density at radius 2 is 1.41 bits per heavy atom. The van der Waals surface area contributed by atoms with Crippen molar-refractivity contribution in [2.24, 2.45) is 11.1 Å². The van der Waals surface area contributed by atoms with Gasteiger partial charge in [0.15, 0.2) is 5.41 Å². The SMILES string of the molecule is Cl.NC1(C(=O)N2CCC(C(F)(F)F)(C(F)(F)F)C2)CCCC1. The van der Waals surface area contributed by atoms with Gasteiger partial charge in [-0.3, -0.25) is 4.79 Å². The lowest BCUT2D eigenvalue weighted by molar-refractivity contribution is -0.334. The van der Waals surface area contributed by atoms with Gasteiger partial charge in [-0.2, -0.15) is 26.3 Å². The summed E-state index contributed by atoms with van der Waals surface area (Å²) in [5, 5.41) is 0. The lowest BCUT2D eigenvalue weighted by Crippen LogP contribution is -2.56. The molecule has 2 rings (SSSR count). The highest BCUT2D eigenvalue weighted by Gasteiger charge is 2.73. The Bertz CT molecular complexity index is 416. The quantitative estimate of drug-likeness (QED) is 0.736. The van der Waals surface area contributed by atoms with Crippen LogP contribution in [0.2, 0.25) is 0 Å². The maximum atomic E-state index is 12.9. The van der Waals surface area contributed by atoms with Crippen molar-refractivity contribution in [3.63, 3.8) is 0 Å². The van der Waals surface area contributed by atoms with Gasteiger partial charge >= 0.3 is 12.4 Å². The molecular weight excluding hydrogens is 338 g/mol. The second-order valence-electron chi connectivity index (χ2n) is 5.92. The average molecular weight is 355 g/mol. The van der Waals surface area contributed by atoms with Crippen molar-refractivity contribution < 1.29 is 31.1 Å². The summed E-state index contributed by atoms with van der Waals surface area (Å²) in [7, 11) is 0. The van der Waals surface area contributed by atoms with E-state index < -0.39 is 48.7 Å². The van der Waals surface area contributed by atoms with Crippen molar-refractivity contribution in [1.82, 2.24) is 4.90 Å². The topological polar surface area (TPSA) is 46.3 Å². The average Bonchev–Trinajstić information content (AvgIpc) is 2.93. The van der Waals surface area contributed by atoms with Gasteiger partial charge in [0.1, 0.15) is 0 Å². The van der Waals surface area contributed by atoms with Crippen LogP contribution < -0.4 is 5.73 Å². The Morgan fingerprint density at radius 3 is 1.77 bits per heavy atom. The third kappa shape index (κ3) is 2.89. The lowest BCUT2D eigenvalue weighted by atomic mass is 9.85. The summed E-state index contributed by atoms with van der Waals surface area (Å²) in [4.78, 5) is 12.8. The third-order valence-corrected chi connectivity index (χ3v) is 4.56. The van der Waals surface area contributed by atoms with E-state index in [2.05, 4.69) is 0 Å². The number of hydrogen-bond acceptors (Lipinski definition) is 2. The molecule has 1 saturated heterocycles. The smallest absolute Gasteiger partial charge is 0.340 e. The molecule has 0 aromatic carbocycles. The van der Waals surface area contributed by atoms with E-state index >= 15 is 0 Å². The highest BCUT2D eigenvalue weighted by molar-refractivity contribution is 5.86. The van der Waals surface area contributed by atoms with Crippen LogP contribution in [0, 0.1) is 5.41 Å². The molecule has 1 heterocycles. The number of amides is 1. The van der Waals surface area contributed by atoms with Crippen LogP contribution in [0.5, 0.6) is 0 Å². The van der Waals surface area contributed by atoms with E-state index in [1.165, 1.54) is 0 Å². The molecule has 2 N–H and O–H groups in total. The summed E-state index contributed by atoms with van der Waals surface area (Å²) < 4.78 is 77.6. The van der Waals surface area contributed by atoms with Crippen LogP contribution in [0.15, 0.2) is 0 Å². The maximum Gasteiger partial charge on any atom is 0.404 e. The Morgan fingerprint density at radius 1 is 0.955 bits per heavy atom. The molecule has 0 aromatic rings. The van der Waals surface area contributed by atoms with Crippen LogP contribution in [0.4, 0.5) is 26.3 Å². The van der Waals surface area contributed by atoms with Gasteiger partial charge in [-0.15, -0.1) is 12.4 Å². The van der Waals surface area contributed by atoms with Crippen molar-refractivity contribution in [2.75, 3.05) is 13.1 Å². The molecule has 2 fully saturated rings. The Balaban J connectivity index is 0.00000242. The molecule has 2 aliphatic rings. The zero-order chi connectivity index (χ0) is 16.1. The number of nitrogens with two attached hydrogens (primary N) is 1. The summed E-state index contributed by atoms with van der Waals surface area (Å²) in [6.07, 6.45) is -10.2. The highest BCUT2D eigenvalue weighted by atomic mass is 35.5. The van der Waals surface area contributed by atoms with Crippen LogP contribution in [0.1, 0.15) is 32.1 Å². The van der Waals surface area contributed by atoms with E-state index in [4.69, 9.17) is 5.73 Å². The van der Waals surface area contributed by atoms with Crippen molar-refractivity contribution >= 4 is 18.3 Å². The van der Waals surface area contributed by atoms with Crippen LogP contribution in [-0.4, -0.2) is 41.8 Å². The molecule has 1 aliphatic heterocycles. The molecule has 3 nitrogen and oxygen atoms in total. The number of likely N-dealkylation sites (tertiary alicyclic amines) is 1. The molecule has 0 spiro atoms. The van der Waals surface area contributed by atoms with E-state index in [-0.39, 0.29) is 12.4 Å². The van der Waals surface area contributed by atoms with Crippen LogP contribution in [-0.2, 0) is 4.79 Å². The number of carbonyl (C=O) groups is 1. The van der Waals surface area contributed by atoms with Gasteiger partial charge < -0.3 is 10.6 Å². The molecule has 0 atom stereocenters. The van der Waals surface area contributed by atoms with Gasteiger partial charge in [-0.25, -0.2) is 0 Å². The first-order valence-corrected chi connectivity index (χ1v) is 6.65. The maximum absolute atomic E-state index is 12.9. The van der Waals surface area contributed by atoms with E-state index in [1.807, 2.05) is 0 Å². The van der Waals surface area contributed by atoms with Crippen molar-refractivity contribution in [2.45, 2.75) is 50.0 Å². The van der Waals surface area contributed by atoms with Crippen molar-refractivity contribution in [1.29, 1.82) is 0 Å². The van der Waals surface area contributed by atoms with Gasteiger partial charge in [-0.05, 0) is 19.3 Å². The predicted octanol–water partition coefficient (Wildman–Crippen LogP) is 3.02. The van der Waals surface area contributed by atoms with Crippen LogP contribution in [0.25, 0.3) is 0 Å². The van der Waals surface area contributed by atoms with Crippen LogP contribution >= 0.6 is 12.4 Å². The zero-order valence-electron chi connectivity index (χ0n) is 11.6. The van der Waals surface area contributed by atoms with Gasteiger partial charge in [0.2, 0.25) is 5.91 Å². The summed E-state index contributed by atoms with van der Waals surface area (Å²) in [5.74, 6) is -0.796. The fourth-order valence-electron chi connectivity index (χ4n) is 3.14. The van der Waals surface area contributed by atoms with Gasteiger partial charge in [0.05, 0.1) is 5.54 Å². The molecule has 0 unspecified atom stereocenters.